The summed E-state index contributed by atoms with van der Waals surface area (Å²) in [6.45, 7) is 8.93. The highest BCUT2D eigenvalue weighted by Gasteiger charge is 2.34. The van der Waals surface area contributed by atoms with Crippen molar-refractivity contribution in [1.29, 1.82) is 0 Å². The lowest BCUT2D eigenvalue weighted by molar-refractivity contribution is 0.0406. The van der Waals surface area contributed by atoms with Crippen molar-refractivity contribution in [3.63, 3.8) is 0 Å². The first-order chi connectivity index (χ1) is 8.27. The minimum absolute atomic E-state index is 0.00438. The van der Waals surface area contributed by atoms with E-state index in [4.69, 9.17) is 5.73 Å². The Labute approximate surface area is 113 Å². The molecule has 18 heavy (non-hydrogen) atoms. The molecule has 4 unspecified atom stereocenters. The molecule has 0 amide bonds. The highest BCUT2D eigenvalue weighted by atomic mass is 16.3. The van der Waals surface area contributed by atoms with E-state index < -0.39 is 0 Å². The van der Waals surface area contributed by atoms with Crippen LogP contribution >= 0.6 is 0 Å². The van der Waals surface area contributed by atoms with Crippen molar-refractivity contribution in [1.82, 2.24) is 4.90 Å². The summed E-state index contributed by atoms with van der Waals surface area (Å²) >= 11 is 0. The van der Waals surface area contributed by atoms with Gasteiger partial charge in [-0.2, -0.15) is 0 Å². The maximum Gasteiger partial charge on any atom is 0.0602 e. The van der Waals surface area contributed by atoms with Gasteiger partial charge in [0.15, 0.2) is 0 Å². The van der Waals surface area contributed by atoms with Gasteiger partial charge in [0.1, 0.15) is 0 Å². The normalized spacial score (nSPS) is 29.3. The summed E-state index contributed by atoms with van der Waals surface area (Å²) in [5.74, 6) is 0.802. The van der Waals surface area contributed by atoms with Crippen LogP contribution in [0.4, 0.5) is 0 Å². The molecule has 1 saturated carbocycles. The monoisotopic (exact) mass is 256 g/mol. The lowest BCUT2D eigenvalue weighted by Crippen LogP contribution is -2.57. The second kappa shape index (κ2) is 6.36. The van der Waals surface area contributed by atoms with E-state index in [0.29, 0.717) is 6.04 Å². The molecule has 3 heteroatoms. The van der Waals surface area contributed by atoms with Crippen LogP contribution in [0.25, 0.3) is 0 Å². The lowest BCUT2D eigenvalue weighted by atomic mass is 9.80. The minimum Gasteiger partial charge on any atom is -0.395 e. The van der Waals surface area contributed by atoms with Crippen molar-refractivity contribution in [2.75, 3.05) is 13.7 Å². The van der Waals surface area contributed by atoms with Crippen molar-refractivity contribution in [3.05, 3.63) is 0 Å². The van der Waals surface area contributed by atoms with E-state index in [2.05, 4.69) is 39.6 Å². The molecule has 0 aliphatic heterocycles. The summed E-state index contributed by atoms with van der Waals surface area (Å²) in [5, 5.41) is 9.71. The Bertz CT molecular complexity index is 249. The number of nitrogens with two attached hydrogens (primary N) is 1. The van der Waals surface area contributed by atoms with Crippen molar-refractivity contribution in [3.8, 4) is 0 Å². The average molecular weight is 256 g/mol. The molecule has 0 radical (unpaired) electrons. The summed E-state index contributed by atoms with van der Waals surface area (Å²) in [7, 11) is 2.13. The summed E-state index contributed by atoms with van der Waals surface area (Å²) in [6.07, 6.45) is 5.14. The molecule has 1 fully saturated rings. The Morgan fingerprint density at radius 3 is 2.39 bits per heavy atom. The average Bonchev–Trinajstić information content (AvgIpc) is 2.28. The molecule has 0 aromatic rings. The van der Waals surface area contributed by atoms with Gasteiger partial charge in [-0.3, -0.25) is 4.90 Å². The van der Waals surface area contributed by atoms with Crippen LogP contribution in [0, 0.1) is 11.3 Å². The standard InChI is InChI=1S/C15H32N2O/c1-11-7-6-8-12(9-11)17(5)13(10-18)14(16)15(2,3)4/h11-14,18H,6-10,16H2,1-5H3. The molecule has 1 rings (SSSR count). The number of hydrogen-bond donors (Lipinski definition) is 2. The first kappa shape index (κ1) is 15.9. The Morgan fingerprint density at radius 1 is 1.33 bits per heavy atom. The third kappa shape index (κ3) is 3.94. The van der Waals surface area contributed by atoms with E-state index >= 15 is 0 Å². The molecule has 3 nitrogen and oxygen atoms in total. The highest BCUT2D eigenvalue weighted by Crippen LogP contribution is 2.30. The molecule has 0 aromatic heterocycles. The zero-order chi connectivity index (χ0) is 13.9. The molecular formula is C15H32N2O. The summed E-state index contributed by atoms with van der Waals surface area (Å²) in [4.78, 5) is 2.34. The van der Waals surface area contributed by atoms with Gasteiger partial charge in [0.25, 0.3) is 0 Å². The van der Waals surface area contributed by atoms with Crippen LogP contribution in [-0.4, -0.2) is 41.8 Å². The van der Waals surface area contributed by atoms with Gasteiger partial charge < -0.3 is 10.8 Å². The van der Waals surface area contributed by atoms with Crippen LogP contribution in [0.2, 0.25) is 0 Å². The smallest absolute Gasteiger partial charge is 0.0602 e. The molecule has 0 aromatic carbocycles. The van der Waals surface area contributed by atoms with Crippen molar-refractivity contribution in [2.45, 2.75) is 71.5 Å². The Kier molecular flexibility index (Phi) is 5.63. The maximum atomic E-state index is 9.71. The molecule has 1 aliphatic rings. The predicted octanol–water partition coefficient (Wildman–Crippen LogP) is 2.23. The first-order valence-electron chi connectivity index (χ1n) is 7.35. The fourth-order valence-corrected chi connectivity index (χ4v) is 3.12. The predicted molar refractivity (Wildman–Crippen MR) is 77.5 cm³/mol. The zero-order valence-corrected chi connectivity index (χ0v) is 12.8. The summed E-state index contributed by atoms with van der Waals surface area (Å²) < 4.78 is 0. The van der Waals surface area contributed by atoms with E-state index in [1.165, 1.54) is 25.7 Å². The molecule has 3 N–H and O–H groups in total. The number of hydrogen-bond acceptors (Lipinski definition) is 3. The van der Waals surface area contributed by atoms with Gasteiger partial charge in [-0.1, -0.05) is 40.5 Å². The second-order valence-electron chi connectivity index (χ2n) is 7.23. The quantitative estimate of drug-likeness (QED) is 0.811. The highest BCUT2D eigenvalue weighted by molar-refractivity contribution is 4.92. The van der Waals surface area contributed by atoms with E-state index in [1.807, 2.05) is 0 Å². The van der Waals surface area contributed by atoms with Gasteiger partial charge in [-0.05, 0) is 31.2 Å². The van der Waals surface area contributed by atoms with Crippen LogP contribution in [0.3, 0.4) is 0 Å². The summed E-state index contributed by atoms with van der Waals surface area (Å²) in [5.41, 5.74) is 6.38. The maximum absolute atomic E-state index is 9.71. The van der Waals surface area contributed by atoms with Gasteiger partial charge in [0.05, 0.1) is 6.61 Å². The topological polar surface area (TPSA) is 49.5 Å². The molecule has 4 atom stereocenters. The zero-order valence-electron chi connectivity index (χ0n) is 12.8. The van der Waals surface area contributed by atoms with Crippen molar-refractivity contribution >= 4 is 0 Å². The van der Waals surface area contributed by atoms with Gasteiger partial charge in [0, 0.05) is 18.1 Å². The molecule has 0 bridgehead atoms. The van der Waals surface area contributed by atoms with Crippen LogP contribution in [0.15, 0.2) is 0 Å². The number of rotatable bonds is 4. The van der Waals surface area contributed by atoms with E-state index in [1.54, 1.807) is 0 Å². The molecular weight excluding hydrogens is 224 g/mol. The van der Waals surface area contributed by atoms with Crippen LogP contribution in [-0.2, 0) is 0 Å². The van der Waals surface area contributed by atoms with Crippen LogP contribution in [0.1, 0.15) is 53.4 Å². The second-order valence-corrected chi connectivity index (χ2v) is 7.23. The third-order valence-electron chi connectivity index (χ3n) is 4.61. The first-order valence-corrected chi connectivity index (χ1v) is 7.35. The molecule has 0 spiro atoms. The van der Waals surface area contributed by atoms with E-state index in [9.17, 15) is 5.11 Å². The minimum atomic E-state index is 0.00438. The molecule has 108 valence electrons. The van der Waals surface area contributed by atoms with Gasteiger partial charge in [0.2, 0.25) is 0 Å². The Morgan fingerprint density at radius 2 is 1.94 bits per heavy atom. The SMILES string of the molecule is CC1CCCC(N(C)C(CO)C(N)C(C)(C)C)C1. The lowest BCUT2D eigenvalue weighted by Gasteiger charge is -2.44. The van der Waals surface area contributed by atoms with Crippen LogP contribution in [0.5, 0.6) is 0 Å². The number of nitrogens with zero attached hydrogens (tertiary/aromatic N) is 1. The molecule has 0 heterocycles. The number of aliphatic hydroxyl groups is 1. The van der Waals surface area contributed by atoms with E-state index in [-0.39, 0.29) is 24.1 Å². The van der Waals surface area contributed by atoms with Gasteiger partial charge >= 0.3 is 0 Å². The fourth-order valence-electron chi connectivity index (χ4n) is 3.12. The van der Waals surface area contributed by atoms with Gasteiger partial charge in [-0.25, -0.2) is 0 Å². The number of aliphatic hydroxyl groups excluding tert-OH is 1. The molecule has 0 saturated heterocycles. The van der Waals surface area contributed by atoms with Crippen molar-refractivity contribution in [2.24, 2.45) is 17.1 Å². The van der Waals surface area contributed by atoms with E-state index in [0.717, 1.165) is 5.92 Å². The fraction of sp³-hybridized carbons (Fsp3) is 1.00. The largest absolute Gasteiger partial charge is 0.395 e. The van der Waals surface area contributed by atoms with Crippen molar-refractivity contribution < 1.29 is 5.11 Å². The Hall–Kier alpha value is -0.120. The van der Waals surface area contributed by atoms with Crippen LogP contribution < -0.4 is 5.73 Å². The molecule has 1 aliphatic carbocycles. The third-order valence-corrected chi connectivity index (χ3v) is 4.61. The number of likely N-dealkylation sites (N-methyl/N-ethyl adjacent to an activating group) is 1. The Balaban J connectivity index is 2.69. The summed E-state index contributed by atoms with van der Waals surface area (Å²) in [6, 6.07) is 0.657. The van der Waals surface area contributed by atoms with Gasteiger partial charge in [-0.15, -0.1) is 0 Å².